The fraction of sp³-hybridized carbons (Fsp3) is 0.333. The van der Waals surface area contributed by atoms with Crippen LogP contribution in [0.1, 0.15) is 11.1 Å². The number of hydrogen-bond donors (Lipinski definition) is 1. The lowest BCUT2D eigenvalue weighted by Crippen LogP contribution is -2.19. The number of hydrogen-bond acceptors (Lipinski definition) is 5. The zero-order valence-electron chi connectivity index (χ0n) is 10.3. The Morgan fingerprint density at radius 2 is 2.29 bits per heavy atom. The van der Waals surface area contributed by atoms with Crippen molar-refractivity contribution in [2.45, 2.75) is 13.5 Å². The summed E-state index contributed by atoms with van der Waals surface area (Å²) >= 11 is 0. The smallest absolute Gasteiger partial charge is 0.224 e. The average Bonchev–Trinajstić information content (AvgIpc) is 2.82. The highest BCUT2D eigenvalue weighted by atomic mass is 16.3. The lowest BCUT2D eigenvalue weighted by Gasteiger charge is -2.19. The van der Waals surface area contributed by atoms with Crippen LogP contribution in [0.2, 0.25) is 0 Å². The van der Waals surface area contributed by atoms with E-state index in [4.69, 9.17) is 4.42 Å². The van der Waals surface area contributed by atoms with Crippen molar-refractivity contribution in [1.82, 2.24) is 9.97 Å². The summed E-state index contributed by atoms with van der Waals surface area (Å²) in [7, 11) is 3.81. The maximum absolute atomic E-state index is 5.05. The Balaban J connectivity index is 2.20. The molecule has 0 unspecified atom stereocenters. The highest BCUT2D eigenvalue weighted by Crippen LogP contribution is 2.18. The molecule has 5 heteroatoms. The van der Waals surface area contributed by atoms with E-state index in [1.54, 1.807) is 12.5 Å². The molecule has 0 saturated carbocycles. The van der Waals surface area contributed by atoms with Crippen molar-refractivity contribution in [3.8, 4) is 0 Å². The molecule has 2 aromatic rings. The highest BCUT2D eigenvalue weighted by Gasteiger charge is 2.09. The van der Waals surface area contributed by atoms with Gasteiger partial charge in [-0.15, -0.1) is 0 Å². The van der Waals surface area contributed by atoms with Crippen LogP contribution in [0.5, 0.6) is 0 Å². The quantitative estimate of drug-likeness (QED) is 0.874. The molecule has 0 aliphatic rings. The Morgan fingerprint density at radius 3 is 2.94 bits per heavy atom. The van der Waals surface area contributed by atoms with E-state index >= 15 is 0 Å². The Bertz CT molecular complexity index is 481. The third-order valence-electron chi connectivity index (χ3n) is 2.53. The van der Waals surface area contributed by atoms with Gasteiger partial charge in [0.1, 0.15) is 5.82 Å². The third kappa shape index (κ3) is 2.55. The number of nitrogens with one attached hydrogen (secondary N) is 1. The maximum Gasteiger partial charge on any atom is 0.224 e. The molecule has 0 aliphatic carbocycles. The number of aromatic nitrogens is 2. The van der Waals surface area contributed by atoms with Crippen LogP contribution in [0.3, 0.4) is 0 Å². The third-order valence-corrected chi connectivity index (χ3v) is 2.53. The summed E-state index contributed by atoms with van der Waals surface area (Å²) in [6.45, 7) is 2.76. The molecule has 0 atom stereocenters. The average molecular weight is 232 g/mol. The van der Waals surface area contributed by atoms with E-state index in [1.165, 1.54) is 0 Å². The standard InChI is InChI=1S/C12H16N4O/c1-9-6-14-12(13-2)15-11(9)16(3)7-10-4-5-17-8-10/h4-6,8H,7H2,1-3H3,(H,13,14,15). The first-order chi connectivity index (χ1) is 8.20. The van der Waals surface area contributed by atoms with Crippen molar-refractivity contribution in [1.29, 1.82) is 0 Å². The number of aryl methyl sites for hydroxylation is 1. The number of rotatable bonds is 4. The van der Waals surface area contributed by atoms with Crippen LogP contribution in [-0.4, -0.2) is 24.1 Å². The van der Waals surface area contributed by atoms with Crippen LogP contribution < -0.4 is 10.2 Å². The van der Waals surface area contributed by atoms with Gasteiger partial charge in [0, 0.05) is 38.0 Å². The minimum absolute atomic E-state index is 0.629. The Kier molecular flexibility index (Phi) is 3.27. The molecular weight excluding hydrogens is 216 g/mol. The van der Waals surface area contributed by atoms with Gasteiger partial charge in [0.05, 0.1) is 12.5 Å². The molecule has 0 fully saturated rings. The fourth-order valence-electron chi connectivity index (χ4n) is 1.67. The molecular formula is C12H16N4O. The van der Waals surface area contributed by atoms with E-state index in [0.29, 0.717) is 5.95 Å². The van der Waals surface area contributed by atoms with E-state index in [2.05, 4.69) is 20.2 Å². The molecule has 2 heterocycles. The van der Waals surface area contributed by atoms with Crippen molar-refractivity contribution in [3.63, 3.8) is 0 Å². The fourth-order valence-corrected chi connectivity index (χ4v) is 1.67. The number of furan rings is 1. The summed E-state index contributed by atoms with van der Waals surface area (Å²) < 4.78 is 5.05. The zero-order valence-corrected chi connectivity index (χ0v) is 10.3. The molecule has 0 aromatic carbocycles. The van der Waals surface area contributed by atoms with Gasteiger partial charge in [-0.1, -0.05) is 0 Å². The molecule has 17 heavy (non-hydrogen) atoms. The van der Waals surface area contributed by atoms with Crippen molar-refractivity contribution in [2.75, 3.05) is 24.3 Å². The van der Waals surface area contributed by atoms with Crippen molar-refractivity contribution in [2.24, 2.45) is 0 Å². The second-order valence-corrected chi connectivity index (χ2v) is 3.94. The molecule has 5 nitrogen and oxygen atoms in total. The predicted molar refractivity (Wildman–Crippen MR) is 67.1 cm³/mol. The zero-order chi connectivity index (χ0) is 12.3. The first-order valence-electron chi connectivity index (χ1n) is 5.44. The summed E-state index contributed by atoms with van der Waals surface area (Å²) in [5, 5.41) is 2.94. The highest BCUT2D eigenvalue weighted by molar-refractivity contribution is 5.48. The molecule has 1 N–H and O–H groups in total. The van der Waals surface area contributed by atoms with Gasteiger partial charge in [0.2, 0.25) is 5.95 Å². The molecule has 2 rings (SSSR count). The lowest BCUT2D eigenvalue weighted by molar-refractivity contribution is 0.563. The van der Waals surface area contributed by atoms with E-state index in [-0.39, 0.29) is 0 Å². The van der Waals surface area contributed by atoms with Crippen molar-refractivity contribution in [3.05, 3.63) is 35.9 Å². The molecule has 0 aliphatic heterocycles. The Morgan fingerprint density at radius 1 is 1.47 bits per heavy atom. The summed E-state index contributed by atoms with van der Waals surface area (Å²) in [5.74, 6) is 1.55. The molecule has 0 radical (unpaired) electrons. The van der Waals surface area contributed by atoms with Gasteiger partial charge in [-0.25, -0.2) is 4.98 Å². The number of nitrogens with zero attached hydrogens (tertiary/aromatic N) is 3. The second-order valence-electron chi connectivity index (χ2n) is 3.94. The predicted octanol–water partition coefficient (Wildman–Crippen LogP) is 2.06. The minimum atomic E-state index is 0.629. The molecule has 0 saturated heterocycles. The Labute approximate surface area is 100 Å². The molecule has 0 spiro atoms. The molecule has 0 bridgehead atoms. The maximum atomic E-state index is 5.05. The summed E-state index contributed by atoms with van der Waals surface area (Å²) in [4.78, 5) is 10.7. The monoisotopic (exact) mass is 232 g/mol. The van der Waals surface area contributed by atoms with Crippen LogP contribution in [0.15, 0.2) is 29.2 Å². The summed E-state index contributed by atoms with van der Waals surface area (Å²) in [6, 6.07) is 1.95. The van der Waals surface area contributed by atoms with Gasteiger partial charge < -0.3 is 14.6 Å². The topological polar surface area (TPSA) is 54.2 Å². The van der Waals surface area contributed by atoms with E-state index in [9.17, 15) is 0 Å². The molecule has 0 amide bonds. The summed E-state index contributed by atoms with van der Waals surface area (Å²) in [6.07, 6.45) is 5.24. The largest absolute Gasteiger partial charge is 0.472 e. The van der Waals surface area contributed by atoms with Gasteiger partial charge in [0.15, 0.2) is 0 Å². The van der Waals surface area contributed by atoms with Crippen LogP contribution >= 0.6 is 0 Å². The van der Waals surface area contributed by atoms with Gasteiger partial charge >= 0.3 is 0 Å². The van der Waals surface area contributed by atoms with E-state index in [0.717, 1.165) is 23.5 Å². The first kappa shape index (κ1) is 11.4. The lowest BCUT2D eigenvalue weighted by atomic mass is 10.3. The SMILES string of the molecule is CNc1ncc(C)c(N(C)Cc2ccoc2)n1. The van der Waals surface area contributed by atoms with Crippen LogP contribution in [-0.2, 0) is 6.54 Å². The van der Waals surface area contributed by atoms with Crippen LogP contribution in [0.4, 0.5) is 11.8 Å². The summed E-state index contributed by atoms with van der Waals surface area (Å²) in [5.41, 5.74) is 2.17. The first-order valence-corrected chi connectivity index (χ1v) is 5.44. The van der Waals surface area contributed by atoms with Crippen LogP contribution in [0, 0.1) is 6.92 Å². The minimum Gasteiger partial charge on any atom is -0.472 e. The van der Waals surface area contributed by atoms with Gasteiger partial charge in [-0.3, -0.25) is 0 Å². The van der Waals surface area contributed by atoms with Crippen molar-refractivity contribution < 1.29 is 4.42 Å². The normalized spacial score (nSPS) is 10.3. The van der Waals surface area contributed by atoms with Gasteiger partial charge in [0.25, 0.3) is 0 Å². The van der Waals surface area contributed by atoms with E-state index < -0.39 is 0 Å². The Hall–Kier alpha value is -2.04. The van der Waals surface area contributed by atoms with Gasteiger partial charge in [-0.2, -0.15) is 4.98 Å². The molecule has 2 aromatic heterocycles. The molecule has 90 valence electrons. The van der Waals surface area contributed by atoms with Crippen molar-refractivity contribution >= 4 is 11.8 Å². The second kappa shape index (κ2) is 4.86. The van der Waals surface area contributed by atoms with Crippen LogP contribution in [0.25, 0.3) is 0 Å². The van der Waals surface area contributed by atoms with E-state index in [1.807, 2.05) is 33.3 Å². The number of anilines is 2. The van der Waals surface area contributed by atoms with Gasteiger partial charge in [-0.05, 0) is 13.0 Å².